The van der Waals surface area contributed by atoms with E-state index in [1.54, 1.807) is 0 Å². The molecule has 0 radical (unpaired) electrons. The lowest BCUT2D eigenvalue weighted by Gasteiger charge is -2.44. The first-order chi connectivity index (χ1) is 22.3. The van der Waals surface area contributed by atoms with Gasteiger partial charge in [0, 0.05) is 22.5 Å². The molecule has 0 spiro atoms. The summed E-state index contributed by atoms with van der Waals surface area (Å²) in [5.41, 5.74) is 5.08. The average molecular weight is 753 g/mol. The summed E-state index contributed by atoms with van der Waals surface area (Å²) in [7, 11) is 0. The van der Waals surface area contributed by atoms with Crippen LogP contribution in [0, 0.1) is 0 Å². The van der Waals surface area contributed by atoms with Crippen molar-refractivity contribution in [3.05, 3.63) is 57.6 Å². The molecule has 0 saturated carbocycles. The Morgan fingerprint density at radius 1 is 0.440 bits per heavy atom. The average Bonchev–Trinajstić information content (AvgIpc) is 2.98. The van der Waals surface area contributed by atoms with E-state index in [9.17, 15) is 52.7 Å². The molecule has 0 aromatic heterocycles. The number of anilines is 2. The van der Waals surface area contributed by atoms with Crippen molar-refractivity contribution in [1.29, 1.82) is 0 Å². The molecular weight excluding hydrogens is 716 g/mol. The summed E-state index contributed by atoms with van der Waals surface area (Å²) < 4.78 is 239. The van der Waals surface area contributed by atoms with E-state index in [1.165, 1.54) is 41.5 Å². The van der Waals surface area contributed by atoms with Crippen molar-refractivity contribution >= 4 is 11.4 Å². The Balaban J connectivity index is 2.81. The summed E-state index contributed by atoms with van der Waals surface area (Å²) >= 11 is 0. The predicted octanol–water partition coefficient (Wildman–Crippen LogP) is 11.7. The van der Waals surface area contributed by atoms with Gasteiger partial charge in [-0.1, -0.05) is 54.4 Å². The molecular formula is C32H36F16N2. The molecule has 286 valence electrons. The molecule has 0 fully saturated rings. The Labute approximate surface area is 277 Å². The highest BCUT2D eigenvalue weighted by molar-refractivity contribution is 5.59. The minimum absolute atomic E-state index is 0.0770. The minimum Gasteiger partial charge on any atom is -0.398 e. The fourth-order valence-corrected chi connectivity index (χ4v) is 5.29. The maximum Gasteiger partial charge on any atom is 0.385 e. The van der Waals surface area contributed by atoms with Crippen molar-refractivity contribution in [2.24, 2.45) is 0 Å². The van der Waals surface area contributed by atoms with Crippen molar-refractivity contribution in [3.63, 3.8) is 0 Å². The molecule has 2 aromatic rings. The minimum atomic E-state index is -8.53. The van der Waals surface area contributed by atoms with Gasteiger partial charge in [0.1, 0.15) is 0 Å². The van der Waals surface area contributed by atoms with E-state index >= 15 is 17.6 Å². The highest BCUT2D eigenvalue weighted by atomic mass is 19.4. The molecule has 0 bridgehead atoms. The quantitative estimate of drug-likeness (QED) is 0.141. The molecule has 4 N–H and O–H groups in total. The van der Waals surface area contributed by atoms with Crippen LogP contribution in [-0.2, 0) is 24.7 Å². The summed E-state index contributed by atoms with van der Waals surface area (Å²) in [6.45, 7) is 7.93. The largest absolute Gasteiger partial charge is 0.398 e. The highest BCUT2D eigenvalue weighted by Crippen LogP contribution is 2.66. The van der Waals surface area contributed by atoms with Crippen molar-refractivity contribution in [1.82, 2.24) is 0 Å². The van der Waals surface area contributed by atoms with Crippen molar-refractivity contribution in [2.75, 3.05) is 11.5 Å². The Morgan fingerprint density at radius 3 is 0.900 bits per heavy atom. The van der Waals surface area contributed by atoms with Crippen LogP contribution in [0.25, 0.3) is 0 Å². The van der Waals surface area contributed by atoms with Gasteiger partial charge in [0.25, 0.3) is 0 Å². The zero-order valence-electron chi connectivity index (χ0n) is 27.5. The van der Waals surface area contributed by atoms with Gasteiger partial charge in [0.15, 0.2) is 0 Å². The fraction of sp³-hybridized carbons (Fsp3) is 0.625. The van der Waals surface area contributed by atoms with Crippen LogP contribution in [0.5, 0.6) is 0 Å². The molecule has 0 saturated heterocycles. The molecule has 0 amide bonds. The molecule has 18 heteroatoms. The van der Waals surface area contributed by atoms with Crippen LogP contribution >= 0.6 is 0 Å². The summed E-state index contributed by atoms with van der Waals surface area (Å²) in [5.74, 6) is -64.1. The third-order valence-electron chi connectivity index (χ3n) is 8.36. The SMILES string of the molecule is CCCc1cc(C(F)(F)C(F)(F)C(F)(F)C(F)(F)C(F)(F)C(F)(F)C(F)(F)C(F)(F)c2cc(CCC)c(N)c(C(C)C)c2)cc(C(C)C)c1N. The second-order valence-corrected chi connectivity index (χ2v) is 12.7. The lowest BCUT2D eigenvalue weighted by molar-refractivity contribution is -0.456. The molecule has 0 unspecified atom stereocenters. The molecule has 0 aliphatic carbocycles. The van der Waals surface area contributed by atoms with Gasteiger partial charge in [-0.3, -0.25) is 0 Å². The van der Waals surface area contributed by atoms with Crippen LogP contribution < -0.4 is 11.5 Å². The third kappa shape index (κ3) is 6.23. The van der Waals surface area contributed by atoms with Crippen LogP contribution in [0.2, 0.25) is 0 Å². The van der Waals surface area contributed by atoms with Crippen LogP contribution in [0.4, 0.5) is 81.6 Å². The Morgan fingerprint density at radius 2 is 0.680 bits per heavy atom. The summed E-state index contributed by atoms with van der Waals surface area (Å²) in [5, 5.41) is 0. The van der Waals surface area contributed by atoms with Gasteiger partial charge in [-0.25, -0.2) is 0 Å². The molecule has 0 aliphatic rings. The molecule has 0 atom stereocenters. The Bertz CT molecular complexity index is 1420. The molecule has 50 heavy (non-hydrogen) atoms. The number of alkyl halides is 16. The van der Waals surface area contributed by atoms with Gasteiger partial charge in [0.05, 0.1) is 0 Å². The maximum atomic E-state index is 15.2. The number of aryl methyl sites for hydroxylation is 2. The van der Waals surface area contributed by atoms with Crippen molar-refractivity contribution in [2.45, 2.75) is 126 Å². The van der Waals surface area contributed by atoms with Crippen LogP contribution in [0.3, 0.4) is 0 Å². The molecule has 2 rings (SSSR count). The molecule has 0 aliphatic heterocycles. The summed E-state index contributed by atoms with van der Waals surface area (Å²) in [4.78, 5) is 0. The molecule has 2 aromatic carbocycles. The third-order valence-corrected chi connectivity index (χ3v) is 8.36. The van der Waals surface area contributed by atoms with E-state index in [2.05, 4.69) is 0 Å². The van der Waals surface area contributed by atoms with E-state index in [-0.39, 0.29) is 72.5 Å². The fourth-order valence-electron chi connectivity index (χ4n) is 5.29. The number of halogens is 16. The zero-order chi connectivity index (χ0) is 39.4. The number of hydrogen-bond acceptors (Lipinski definition) is 2. The normalized spacial score (nSPS) is 14.6. The van der Waals surface area contributed by atoms with Gasteiger partial charge in [-0.15, -0.1) is 0 Å². The van der Waals surface area contributed by atoms with Crippen LogP contribution in [0.15, 0.2) is 24.3 Å². The smallest absolute Gasteiger partial charge is 0.385 e. The second kappa shape index (κ2) is 13.5. The molecule has 0 heterocycles. The first kappa shape index (κ1) is 43.1. The Hall–Kier alpha value is -3.08. The van der Waals surface area contributed by atoms with Gasteiger partial charge in [0.2, 0.25) is 0 Å². The maximum absolute atomic E-state index is 15.2. The lowest BCUT2D eigenvalue weighted by Crippen LogP contribution is -2.74. The van der Waals surface area contributed by atoms with E-state index in [0.717, 1.165) is 0 Å². The van der Waals surface area contributed by atoms with Crippen molar-refractivity contribution < 1.29 is 70.2 Å². The van der Waals surface area contributed by atoms with E-state index in [0.29, 0.717) is 0 Å². The zero-order valence-corrected chi connectivity index (χ0v) is 27.5. The van der Waals surface area contributed by atoms with E-state index in [1.807, 2.05) is 0 Å². The molecule has 2 nitrogen and oxygen atoms in total. The van der Waals surface area contributed by atoms with Gasteiger partial charge >= 0.3 is 47.4 Å². The predicted molar refractivity (Wildman–Crippen MR) is 155 cm³/mol. The van der Waals surface area contributed by atoms with Crippen LogP contribution in [-0.4, -0.2) is 35.5 Å². The monoisotopic (exact) mass is 752 g/mol. The van der Waals surface area contributed by atoms with Gasteiger partial charge < -0.3 is 11.5 Å². The number of hydrogen-bond donors (Lipinski definition) is 2. The van der Waals surface area contributed by atoms with Gasteiger partial charge in [-0.05, 0) is 71.2 Å². The number of nitrogens with two attached hydrogens (primary N) is 2. The van der Waals surface area contributed by atoms with Crippen molar-refractivity contribution in [3.8, 4) is 0 Å². The highest BCUT2D eigenvalue weighted by Gasteiger charge is 2.95. The standard InChI is InChI=1S/C32H36F16N2/c1-7-9-17-11-19(13-21(15(3)4)23(17)49)25(33,34)27(37,38)29(41,42)31(45,46)32(47,48)30(43,44)28(39,40)26(35,36)20-12-18(10-8-2)24(50)22(14-20)16(5)6/h11-16H,7-10,49-50H2,1-6H3. The summed E-state index contributed by atoms with van der Waals surface area (Å²) in [6.07, 6.45) is -0.380. The lowest BCUT2D eigenvalue weighted by atomic mass is 9.83. The first-order valence-corrected chi connectivity index (χ1v) is 15.2. The number of rotatable bonds is 15. The van der Waals surface area contributed by atoms with E-state index in [4.69, 9.17) is 11.5 Å². The number of benzene rings is 2. The first-order valence-electron chi connectivity index (χ1n) is 15.2. The second-order valence-electron chi connectivity index (χ2n) is 12.7. The number of nitrogen functional groups attached to an aromatic ring is 2. The topological polar surface area (TPSA) is 52.0 Å². The van der Waals surface area contributed by atoms with Gasteiger partial charge in [-0.2, -0.15) is 70.2 Å². The van der Waals surface area contributed by atoms with Crippen LogP contribution in [0.1, 0.15) is 99.6 Å². The summed E-state index contributed by atoms with van der Waals surface area (Å²) in [6, 6.07) is 0.319. The Kier molecular flexibility index (Phi) is 11.6. The van der Waals surface area contributed by atoms with E-state index < -0.39 is 81.5 Å².